The van der Waals surface area contributed by atoms with E-state index in [1.54, 1.807) is 4.57 Å². The summed E-state index contributed by atoms with van der Waals surface area (Å²) >= 11 is 0. The second kappa shape index (κ2) is 8.32. The molecule has 0 saturated heterocycles. The molecular weight excluding hydrogens is 290 g/mol. The van der Waals surface area contributed by atoms with Gasteiger partial charge in [-0.1, -0.05) is 44.0 Å². The summed E-state index contributed by atoms with van der Waals surface area (Å²) in [6.07, 6.45) is 7.96. The molecule has 1 heterocycles. The average molecular weight is 313 g/mol. The van der Waals surface area contributed by atoms with Gasteiger partial charge in [0.15, 0.2) is 0 Å². The van der Waals surface area contributed by atoms with E-state index in [2.05, 4.69) is 13.0 Å². The van der Waals surface area contributed by atoms with Crippen LogP contribution < -0.4 is 0 Å². The fourth-order valence-electron chi connectivity index (χ4n) is 2.61. The van der Waals surface area contributed by atoms with Crippen LogP contribution in [0.1, 0.15) is 55.9 Å². The first kappa shape index (κ1) is 17.0. The topological polar surface area (TPSA) is 59.3 Å². The van der Waals surface area contributed by atoms with Crippen molar-refractivity contribution in [1.82, 2.24) is 4.57 Å². The van der Waals surface area contributed by atoms with Gasteiger partial charge in [-0.25, -0.2) is 0 Å². The number of benzene rings is 1. The molecule has 0 unspecified atom stereocenters. The lowest BCUT2D eigenvalue weighted by atomic mass is 10.2. The first-order chi connectivity index (χ1) is 11.1. The van der Waals surface area contributed by atoms with Crippen LogP contribution in [0.4, 0.5) is 0 Å². The molecule has 0 aliphatic rings. The maximum Gasteiger partial charge on any atom is 0.303 e. The van der Waals surface area contributed by atoms with Crippen LogP contribution in [0.25, 0.3) is 17.0 Å². The predicted octanol–water partition coefficient (Wildman–Crippen LogP) is 4.74. The fourth-order valence-corrected chi connectivity index (χ4v) is 2.61. The number of unbranched alkanes of at least 4 members (excludes halogenated alkanes) is 2. The minimum atomic E-state index is -0.866. The molecule has 2 rings (SSSR count). The van der Waals surface area contributed by atoms with Crippen LogP contribution in [0.15, 0.2) is 36.4 Å². The van der Waals surface area contributed by atoms with Gasteiger partial charge >= 0.3 is 5.97 Å². The standard InChI is InChI=1S/C19H23NO3/c1-2-3-4-5-10-16-14-15-9-6-7-11-17(15)20(16)18(21)12-8-13-19(22)23/h5-7,9-11,14H,2-4,8,12-13H2,1H3,(H,22,23)/b10-5+. The molecule has 0 bridgehead atoms. The zero-order valence-corrected chi connectivity index (χ0v) is 13.5. The number of carbonyl (C=O) groups is 2. The summed E-state index contributed by atoms with van der Waals surface area (Å²) in [7, 11) is 0. The van der Waals surface area contributed by atoms with Gasteiger partial charge in [-0.3, -0.25) is 14.2 Å². The highest BCUT2D eigenvalue weighted by atomic mass is 16.4. The summed E-state index contributed by atoms with van der Waals surface area (Å²) in [6, 6.07) is 9.78. The van der Waals surface area contributed by atoms with Crippen LogP contribution in [0, 0.1) is 0 Å². The van der Waals surface area contributed by atoms with Gasteiger partial charge in [0, 0.05) is 23.9 Å². The monoisotopic (exact) mass is 313 g/mol. The van der Waals surface area contributed by atoms with E-state index in [4.69, 9.17) is 5.11 Å². The third-order valence-electron chi connectivity index (χ3n) is 3.78. The summed E-state index contributed by atoms with van der Waals surface area (Å²) in [5.74, 6) is -0.919. The Morgan fingerprint density at radius 2 is 1.96 bits per heavy atom. The van der Waals surface area contributed by atoms with Crippen molar-refractivity contribution in [2.24, 2.45) is 0 Å². The number of aromatic nitrogens is 1. The second-order valence-electron chi connectivity index (χ2n) is 5.65. The molecule has 1 N–H and O–H groups in total. The van der Waals surface area contributed by atoms with Crippen molar-refractivity contribution >= 4 is 28.9 Å². The molecule has 1 aromatic heterocycles. The number of fused-ring (bicyclic) bond motifs is 1. The average Bonchev–Trinajstić information content (AvgIpc) is 2.89. The maximum atomic E-state index is 12.5. The first-order valence-electron chi connectivity index (χ1n) is 8.15. The molecule has 0 amide bonds. The van der Waals surface area contributed by atoms with Crippen molar-refractivity contribution in [3.63, 3.8) is 0 Å². The van der Waals surface area contributed by atoms with Crippen LogP contribution in [0.3, 0.4) is 0 Å². The van der Waals surface area contributed by atoms with Gasteiger partial charge in [0.1, 0.15) is 0 Å². The number of carboxylic acids is 1. The van der Waals surface area contributed by atoms with E-state index in [0.717, 1.165) is 35.9 Å². The van der Waals surface area contributed by atoms with Crippen molar-refractivity contribution in [3.8, 4) is 0 Å². The highest BCUT2D eigenvalue weighted by Crippen LogP contribution is 2.22. The third-order valence-corrected chi connectivity index (χ3v) is 3.78. The fraction of sp³-hybridized carbons (Fsp3) is 0.368. The van der Waals surface area contributed by atoms with Gasteiger partial charge in [0.2, 0.25) is 5.91 Å². The Morgan fingerprint density at radius 1 is 1.17 bits per heavy atom. The summed E-state index contributed by atoms with van der Waals surface area (Å²) < 4.78 is 1.71. The number of aliphatic carboxylic acids is 1. The highest BCUT2D eigenvalue weighted by Gasteiger charge is 2.13. The largest absolute Gasteiger partial charge is 0.481 e. The number of allylic oxidation sites excluding steroid dienone is 1. The van der Waals surface area contributed by atoms with Crippen LogP contribution in [0.5, 0.6) is 0 Å². The number of carboxylic acid groups (broad SMARTS) is 1. The molecule has 0 saturated carbocycles. The van der Waals surface area contributed by atoms with Crippen LogP contribution in [-0.2, 0) is 4.79 Å². The first-order valence-corrected chi connectivity index (χ1v) is 8.15. The second-order valence-corrected chi connectivity index (χ2v) is 5.65. The van der Waals surface area contributed by atoms with Crippen molar-refractivity contribution in [3.05, 3.63) is 42.1 Å². The zero-order chi connectivity index (χ0) is 16.7. The molecule has 0 aliphatic heterocycles. The van der Waals surface area contributed by atoms with E-state index in [1.165, 1.54) is 0 Å². The molecule has 2 aromatic rings. The van der Waals surface area contributed by atoms with Crippen LogP contribution in [0.2, 0.25) is 0 Å². The predicted molar refractivity (Wildman–Crippen MR) is 92.6 cm³/mol. The highest BCUT2D eigenvalue weighted by molar-refractivity contribution is 5.95. The molecule has 122 valence electrons. The minimum absolute atomic E-state index is 0.0205. The van der Waals surface area contributed by atoms with E-state index in [-0.39, 0.29) is 18.7 Å². The number of hydrogen-bond donors (Lipinski definition) is 1. The summed E-state index contributed by atoms with van der Waals surface area (Å²) in [5.41, 5.74) is 1.74. The lowest BCUT2D eigenvalue weighted by Crippen LogP contribution is -2.12. The maximum absolute atomic E-state index is 12.5. The van der Waals surface area contributed by atoms with Gasteiger partial charge in [-0.15, -0.1) is 0 Å². The van der Waals surface area contributed by atoms with Crippen molar-refractivity contribution < 1.29 is 14.7 Å². The normalized spacial score (nSPS) is 11.3. The quantitative estimate of drug-likeness (QED) is 0.716. The molecule has 0 atom stereocenters. The Balaban J connectivity index is 2.25. The van der Waals surface area contributed by atoms with Gasteiger partial charge in [-0.05, 0) is 31.1 Å². The Morgan fingerprint density at radius 3 is 2.70 bits per heavy atom. The third kappa shape index (κ3) is 4.55. The van der Waals surface area contributed by atoms with E-state index in [0.29, 0.717) is 6.42 Å². The number of rotatable bonds is 8. The van der Waals surface area contributed by atoms with Gasteiger partial charge in [0.05, 0.1) is 5.52 Å². The van der Waals surface area contributed by atoms with Crippen molar-refractivity contribution in [1.29, 1.82) is 0 Å². The van der Waals surface area contributed by atoms with E-state index < -0.39 is 5.97 Å². The zero-order valence-electron chi connectivity index (χ0n) is 13.5. The number of hydrogen-bond acceptors (Lipinski definition) is 2. The number of para-hydroxylation sites is 1. The molecule has 1 aromatic carbocycles. The summed E-state index contributed by atoms with van der Waals surface area (Å²) in [6.45, 7) is 2.15. The molecule has 4 nitrogen and oxygen atoms in total. The van der Waals surface area contributed by atoms with Gasteiger partial charge in [-0.2, -0.15) is 0 Å². The molecule has 4 heteroatoms. The van der Waals surface area contributed by atoms with E-state index in [1.807, 2.05) is 36.4 Å². The lowest BCUT2D eigenvalue weighted by molar-refractivity contribution is -0.137. The lowest BCUT2D eigenvalue weighted by Gasteiger charge is -2.07. The Hall–Kier alpha value is -2.36. The minimum Gasteiger partial charge on any atom is -0.481 e. The van der Waals surface area contributed by atoms with Crippen LogP contribution in [-0.4, -0.2) is 21.6 Å². The van der Waals surface area contributed by atoms with E-state index in [9.17, 15) is 9.59 Å². The number of carbonyl (C=O) groups excluding carboxylic acids is 1. The van der Waals surface area contributed by atoms with Gasteiger partial charge in [0.25, 0.3) is 0 Å². The molecule has 0 spiro atoms. The molecule has 23 heavy (non-hydrogen) atoms. The Labute approximate surface area is 136 Å². The Kier molecular flexibility index (Phi) is 6.15. The van der Waals surface area contributed by atoms with Gasteiger partial charge < -0.3 is 5.11 Å². The smallest absolute Gasteiger partial charge is 0.303 e. The number of nitrogens with zero attached hydrogens (tertiary/aromatic N) is 1. The van der Waals surface area contributed by atoms with Crippen molar-refractivity contribution in [2.45, 2.75) is 45.4 Å². The SMILES string of the molecule is CCCC/C=C/c1cc2ccccc2n1C(=O)CCCC(=O)O. The van der Waals surface area contributed by atoms with Crippen molar-refractivity contribution in [2.75, 3.05) is 0 Å². The summed E-state index contributed by atoms with van der Waals surface area (Å²) in [5, 5.41) is 9.74. The molecule has 0 fully saturated rings. The summed E-state index contributed by atoms with van der Waals surface area (Å²) in [4.78, 5) is 23.2. The van der Waals surface area contributed by atoms with E-state index >= 15 is 0 Å². The molecular formula is C19H23NO3. The molecule has 0 aliphatic carbocycles. The van der Waals surface area contributed by atoms with Crippen LogP contribution >= 0.6 is 0 Å². The Bertz CT molecular complexity index is 712. The molecule has 0 radical (unpaired) electrons.